The average molecular weight is 356 g/mol. The molecule has 1 aliphatic rings. The van der Waals surface area contributed by atoms with Crippen molar-refractivity contribution < 1.29 is 14.6 Å². The van der Waals surface area contributed by atoms with Gasteiger partial charge in [0.2, 0.25) is 0 Å². The molecule has 5 nitrogen and oxygen atoms in total. The predicted octanol–water partition coefficient (Wildman–Crippen LogP) is 4.16. The Morgan fingerprint density at radius 3 is 2.85 bits per heavy atom. The van der Waals surface area contributed by atoms with Crippen LogP contribution < -0.4 is 0 Å². The molecule has 1 N–H and O–H groups in total. The van der Waals surface area contributed by atoms with E-state index >= 15 is 0 Å². The second kappa shape index (κ2) is 8.39. The van der Waals surface area contributed by atoms with Gasteiger partial charge in [0.05, 0.1) is 13.0 Å². The van der Waals surface area contributed by atoms with Gasteiger partial charge in [-0.05, 0) is 24.3 Å². The lowest BCUT2D eigenvalue weighted by Gasteiger charge is -2.15. The molecule has 0 spiro atoms. The summed E-state index contributed by atoms with van der Waals surface area (Å²) in [6.45, 7) is 5.07. The average Bonchev–Trinajstić information content (AvgIpc) is 3.28. The summed E-state index contributed by atoms with van der Waals surface area (Å²) in [7, 11) is 0. The molecule has 1 fully saturated rings. The minimum Gasteiger partial charge on any atom is -0.507 e. The van der Waals surface area contributed by atoms with Crippen molar-refractivity contribution in [3.05, 3.63) is 47.5 Å². The van der Waals surface area contributed by atoms with Crippen molar-refractivity contribution in [2.24, 2.45) is 0 Å². The number of para-hydroxylation sites is 1. The molecule has 0 atom stereocenters. The molecule has 0 aliphatic heterocycles. The first-order valence-corrected chi connectivity index (χ1v) is 9.53. The maximum Gasteiger partial charge on any atom is 0.310 e. The van der Waals surface area contributed by atoms with Crippen LogP contribution in [0.1, 0.15) is 68.3 Å². The van der Waals surface area contributed by atoms with E-state index in [4.69, 9.17) is 4.74 Å². The fourth-order valence-corrected chi connectivity index (χ4v) is 3.79. The van der Waals surface area contributed by atoms with E-state index in [1.54, 1.807) is 6.20 Å². The third-order valence-corrected chi connectivity index (χ3v) is 5.14. The Hall–Kier alpha value is -2.30. The van der Waals surface area contributed by atoms with Gasteiger partial charge in [0.1, 0.15) is 18.2 Å². The molecule has 1 aromatic carbocycles. The molecule has 1 heterocycles. The van der Waals surface area contributed by atoms with Crippen LogP contribution in [0.25, 0.3) is 0 Å². The Balaban J connectivity index is 1.55. The Bertz CT molecular complexity index is 745. The predicted molar refractivity (Wildman–Crippen MR) is 100 cm³/mol. The van der Waals surface area contributed by atoms with Crippen LogP contribution in [0.5, 0.6) is 5.75 Å². The topological polar surface area (TPSA) is 64.4 Å². The van der Waals surface area contributed by atoms with E-state index in [-0.39, 0.29) is 18.1 Å². The second-order valence-corrected chi connectivity index (χ2v) is 7.37. The Morgan fingerprint density at radius 1 is 1.35 bits per heavy atom. The van der Waals surface area contributed by atoms with Crippen molar-refractivity contribution in [1.82, 2.24) is 9.55 Å². The van der Waals surface area contributed by atoms with Crippen LogP contribution in [0.15, 0.2) is 30.6 Å². The van der Waals surface area contributed by atoms with Gasteiger partial charge in [0.15, 0.2) is 0 Å². The van der Waals surface area contributed by atoms with Crippen LogP contribution in [-0.2, 0) is 22.5 Å². The number of phenols is 1. The zero-order valence-electron chi connectivity index (χ0n) is 15.6. The fraction of sp³-hybridized carbons (Fsp3) is 0.524. The molecule has 26 heavy (non-hydrogen) atoms. The van der Waals surface area contributed by atoms with Gasteiger partial charge in [-0.2, -0.15) is 0 Å². The molecule has 5 heteroatoms. The highest BCUT2D eigenvalue weighted by atomic mass is 16.5. The first kappa shape index (κ1) is 18.5. The molecule has 0 unspecified atom stereocenters. The largest absolute Gasteiger partial charge is 0.507 e. The van der Waals surface area contributed by atoms with E-state index in [2.05, 4.69) is 18.8 Å². The molecule has 1 aliphatic carbocycles. The molecular formula is C21H28N2O3. The number of esters is 1. The molecule has 0 saturated heterocycles. The molecule has 0 amide bonds. The van der Waals surface area contributed by atoms with E-state index in [0.29, 0.717) is 30.6 Å². The van der Waals surface area contributed by atoms with Crippen molar-refractivity contribution in [3.63, 3.8) is 0 Å². The van der Waals surface area contributed by atoms with Gasteiger partial charge < -0.3 is 14.4 Å². The first-order chi connectivity index (χ1) is 12.6. The lowest BCUT2D eigenvalue weighted by Crippen LogP contribution is -2.15. The van der Waals surface area contributed by atoms with Crippen LogP contribution >= 0.6 is 0 Å². The Labute approximate surface area is 155 Å². The molecule has 3 rings (SSSR count). The van der Waals surface area contributed by atoms with Crippen LogP contribution in [0.2, 0.25) is 0 Å². The smallest absolute Gasteiger partial charge is 0.310 e. The van der Waals surface area contributed by atoms with Crippen LogP contribution in [0.3, 0.4) is 0 Å². The summed E-state index contributed by atoms with van der Waals surface area (Å²) in [6, 6.07) is 5.71. The number of benzene rings is 1. The van der Waals surface area contributed by atoms with Crippen LogP contribution in [0.4, 0.5) is 0 Å². The quantitative estimate of drug-likeness (QED) is 0.757. The number of ether oxygens (including phenoxy) is 1. The number of phenolic OH excluding ortho intramolecular Hbond substituents is 1. The number of aromatic hydroxyl groups is 1. The highest BCUT2D eigenvalue weighted by molar-refractivity contribution is 5.73. The number of carbonyl (C=O) groups is 1. The molecule has 1 aromatic heterocycles. The summed E-state index contributed by atoms with van der Waals surface area (Å²) in [5.41, 5.74) is 1.64. The summed E-state index contributed by atoms with van der Waals surface area (Å²) in [6.07, 6.45) is 8.43. The van der Waals surface area contributed by atoms with Crippen molar-refractivity contribution in [1.29, 1.82) is 0 Å². The van der Waals surface area contributed by atoms with E-state index in [1.165, 1.54) is 12.8 Å². The van der Waals surface area contributed by atoms with Gasteiger partial charge in [-0.3, -0.25) is 4.79 Å². The number of nitrogens with zero attached hydrogens (tertiary/aromatic N) is 2. The summed E-state index contributed by atoms with van der Waals surface area (Å²) in [4.78, 5) is 16.5. The highest BCUT2D eigenvalue weighted by Gasteiger charge is 2.22. The Kier molecular flexibility index (Phi) is 5.96. The minimum absolute atomic E-state index is 0.105. The molecule has 2 aromatic rings. The third-order valence-electron chi connectivity index (χ3n) is 5.14. The van der Waals surface area contributed by atoms with E-state index in [1.807, 2.05) is 29.0 Å². The maximum absolute atomic E-state index is 12.2. The van der Waals surface area contributed by atoms with Gasteiger partial charge in [-0.15, -0.1) is 0 Å². The van der Waals surface area contributed by atoms with E-state index < -0.39 is 0 Å². The minimum atomic E-state index is -0.310. The molecule has 0 radical (unpaired) electrons. The Morgan fingerprint density at radius 2 is 2.12 bits per heavy atom. The number of carbonyl (C=O) groups excluding carboxylic acids is 1. The molecule has 140 valence electrons. The zero-order chi connectivity index (χ0) is 18.5. The molecule has 0 bridgehead atoms. The first-order valence-electron chi connectivity index (χ1n) is 9.53. The molecule has 1 saturated carbocycles. The van der Waals surface area contributed by atoms with Gasteiger partial charge in [0, 0.05) is 23.9 Å². The van der Waals surface area contributed by atoms with E-state index in [0.717, 1.165) is 24.2 Å². The van der Waals surface area contributed by atoms with Crippen molar-refractivity contribution in [2.45, 2.75) is 64.3 Å². The zero-order valence-corrected chi connectivity index (χ0v) is 15.6. The number of hydrogen-bond donors (Lipinski definition) is 1. The van der Waals surface area contributed by atoms with Gasteiger partial charge in [-0.25, -0.2) is 4.98 Å². The van der Waals surface area contributed by atoms with Crippen molar-refractivity contribution >= 4 is 5.97 Å². The number of imidazole rings is 1. The van der Waals surface area contributed by atoms with Crippen LogP contribution in [0, 0.1) is 0 Å². The van der Waals surface area contributed by atoms with E-state index in [9.17, 15) is 9.90 Å². The van der Waals surface area contributed by atoms with Gasteiger partial charge in [0.25, 0.3) is 0 Å². The van der Waals surface area contributed by atoms with Crippen molar-refractivity contribution in [2.75, 3.05) is 6.61 Å². The number of aromatic nitrogens is 2. The third kappa shape index (κ3) is 4.26. The summed E-state index contributed by atoms with van der Waals surface area (Å²) >= 11 is 0. The van der Waals surface area contributed by atoms with Crippen LogP contribution in [-0.4, -0.2) is 27.2 Å². The van der Waals surface area contributed by atoms with Gasteiger partial charge >= 0.3 is 5.97 Å². The number of hydrogen-bond acceptors (Lipinski definition) is 4. The van der Waals surface area contributed by atoms with Gasteiger partial charge in [-0.1, -0.05) is 44.9 Å². The second-order valence-electron chi connectivity index (χ2n) is 7.37. The summed E-state index contributed by atoms with van der Waals surface area (Å²) < 4.78 is 7.39. The monoisotopic (exact) mass is 356 g/mol. The highest BCUT2D eigenvalue weighted by Crippen LogP contribution is 2.39. The van der Waals surface area contributed by atoms with Crippen molar-refractivity contribution in [3.8, 4) is 5.75 Å². The fourth-order valence-electron chi connectivity index (χ4n) is 3.79. The molecular weight excluding hydrogens is 328 g/mol. The normalized spacial score (nSPS) is 14.9. The standard InChI is InChI=1S/C21H28N2O3/c1-15(2)21-22-10-11-23(21)12-13-26-19(24)14-17-8-5-9-18(20(17)25)16-6-3-4-7-16/h5,8-11,15-16,25H,3-4,6-7,12-14H2,1-2H3. The lowest BCUT2D eigenvalue weighted by molar-refractivity contribution is -0.143. The lowest BCUT2D eigenvalue weighted by atomic mass is 9.94. The number of rotatable bonds is 7. The summed E-state index contributed by atoms with van der Waals surface area (Å²) in [5.74, 6) is 1.70. The maximum atomic E-state index is 12.2. The SMILES string of the molecule is CC(C)c1nccn1CCOC(=O)Cc1cccc(C2CCCC2)c1O. The summed E-state index contributed by atoms with van der Waals surface area (Å²) in [5, 5.41) is 10.6.